The Morgan fingerprint density at radius 3 is 2.46 bits per heavy atom. The highest BCUT2D eigenvalue weighted by Crippen LogP contribution is 2.32. The molecule has 3 rings (SSSR count). The Hall–Kier alpha value is -3.71. The number of nitrogens with zero attached hydrogens (tertiary/aromatic N) is 1. The lowest BCUT2D eigenvalue weighted by Crippen LogP contribution is -2.45. The summed E-state index contributed by atoms with van der Waals surface area (Å²) in [5, 5.41) is 13.5. The third-order valence-corrected chi connectivity index (χ3v) is 6.43. The number of nitro benzene ring substituents is 1. The standard InChI is InChI=1S/C22H25N3O9S/c1-13(2)21(24-35(30,31)15-5-7-18-19(11-15)33-9-8-32-18)22(27)34-12-20(26)23-16-6-4-14(3)10-17(16)25(28)29/h4-7,10-11,13,21,24H,8-9,12H2,1-3H3,(H,23,26)/t21-/m0/s1. The van der Waals surface area contributed by atoms with Gasteiger partial charge in [0.15, 0.2) is 18.1 Å². The molecule has 0 aromatic heterocycles. The summed E-state index contributed by atoms with van der Waals surface area (Å²) in [4.78, 5) is 35.3. The molecule has 35 heavy (non-hydrogen) atoms. The molecular formula is C22H25N3O9S. The molecular weight excluding hydrogens is 482 g/mol. The van der Waals surface area contributed by atoms with E-state index >= 15 is 0 Å². The molecule has 0 radical (unpaired) electrons. The molecule has 0 fully saturated rings. The zero-order chi connectivity index (χ0) is 25.8. The number of sulfonamides is 1. The number of hydrogen-bond donors (Lipinski definition) is 2. The van der Waals surface area contributed by atoms with Gasteiger partial charge < -0.3 is 19.5 Å². The Kier molecular flexibility index (Phi) is 7.92. The van der Waals surface area contributed by atoms with E-state index in [1.165, 1.54) is 30.3 Å². The van der Waals surface area contributed by atoms with E-state index in [4.69, 9.17) is 14.2 Å². The van der Waals surface area contributed by atoms with Gasteiger partial charge in [-0.05, 0) is 36.6 Å². The lowest BCUT2D eigenvalue weighted by molar-refractivity contribution is -0.384. The van der Waals surface area contributed by atoms with Gasteiger partial charge in [0.25, 0.3) is 11.6 Å². The van der Waals surface area contributed by atoms with Crippen LogP contribution < -0.4 is 19.5 Å². The quantitative estimate of drug-likeness (QED) is 0.294. The van der Waals surface area contributed by atoms with Crippen molar-refractivity contribution in [3.8, 4) is 11.5 Å². The number of nitrogens with one attached hydrogen (secondary N) is 2. The van der Waals surface area contributed by atoms with Crippen LogP contribution in [-0.2, 0) is 24.3 Å². The maximum atomic E-state index is 12.9. The topological polar surface area (TPSA) is 163 Å². The Morgan fingerprint density at radius 2 is 1.80 bits per heavy atom. The van der Waals surface area contributed by atoms with Crippen molar-refractivity contribution in [3.63, 3.8) is 0 Å². The maximum Gasteiger partial charge on any atom is 0.324 e. The van der Waals surface area contributed by atoms with Crippen molar-refractivity contribution in [1.82, 2.24) is 4.72 Å². The number of rotatable bonds is 9. The number of fused-ring (bicyclic) bond motifs is 1. The first-order valence-electron chi connectivity index (χ1n) is 10.6. The smallest absolute Gasteiger partial charge is 0.324 e. The third kappa shape index (κ3) is 6.45. The molecule has 2 N–H and O–H groups in total. The lowest BCUT2D eigenvalue weighted by Gasteiger charge is -2.22. The summed E-state index contributed by atoms with van der Waals surface area (Å²) in [5.41, 5.74) is 0.268. The predicted octanol–water partition coefficient (Wildman–Crippen LogP) is 2.16. The number of ether oxygens (including phenoxy) is 3. The van der Waals surface area contributed by atoms with Gasteiger partial charge in [-0.15, -0.1) is 0 Å². The summed E-state index contributed by atoms with van der Waals surface area (Å²) in [6, 6.07) is 7.02. The fourth-order valence-corrected chi connectivity index (χ4v) is 4.54. The highest BCUT2D eigenvalue weighted by molar-refractivity contribution is 7.89. The van der Waals surface area contributed by atoms with E-state index in [0.29, 0.717) is 17.9 Å². The summed E-state index contributed by atoms with van der Waals surface area (Å²) in [6.07, 6.45) is 0. The molecule has 1 aliphatic rings. The van der Waals surface area contributed by atoms with Gasteiger partial charge in [0, 0.05) is 12.1 Å². The van der Waals surface area contributed by atoms with Crippen LogP contribution in [0.25, 0.3) is 0 Å². The Balaban J connectivity index is 1.66. The number of amides is 1. The maximum absolute atomic E-state index is 12.9. The van der Waals surface area contributed by atoms with Gasteiger partial charge in [-0.1, -0.05) is 19.9 Å². The number of hydrogen-bond acceptors (Lipinski definition) is 9. The largest absolute Gasteiger partial charge is 0.486 e. The number of carbonyl (C=O) groups is 2. The van der Waals surface area contributed by atoms with Gasteiger partial charge in [-0.3, -0.25) is 19.7 Å². The second-order valence-electron chi connectivity index (χ2n) is 8.08. The average Bonchev–Trinajstić information content (AvgIpc) is 2.81. The Bertz CT molecular complexity index is 1240. The normalized spacial score (nSPS) is 13.7. The summed E-state index contributed by atoms with van der Waals surface area (Å²) >= 11 is 0. The predicted molar refractivity (Wildman–Crippen MR) is 124 cm³/mol. The summed E-state index contributed by atoms with van der Waals surface area (Å²) in [6.45, 7) is 4.74. The van der Waals surface area contributed by atoms with Crippen molar-refractivity contribution in [2.45, 2.75) is 31.7 Å². The highest BCUT2D eigenvalue weighted by atomic mass is 32.2. The Morgan fingerprint density at radius 1 is 1.11 bits per heavy atom. The molecule has 12 nitrogen and oxygen atoms in total. The molecule has 2 aromatic carbocycles. The van der Waals surface area contributed by atoms with E-state index in [2.05, 4.69) is 10.0 Å². The van der Waals surface area contributed by atoms with Crippen molar-refractivity contribution < 1.29 is 37.1 Å². The minimum atomic E-state index is -4.15. The zero-order valence-electron chi connectivity index (χ0n) is 19.3. The summed E-state index contributed by atoms with van der Waals surface area (Å²) in [7, 11) is -4.15. The molecule has 1 aliphatic heterocycles. The monoisotopic (exact) mass is 507 g/mol. The van der Waals surface area contributed by atoms with Crippen LogP contribution in [0.3, 0.4) is 0 Å². The molecule has 1 atom stereocenters. The zero-order valence-corrected chi connectivity index (χ0v) is 20.1. The molecule has 1 heterocycles. The average molecular weight is 508 g/mol. The molecule has 0 spiro atoms. The molecule has 0 bridgehead atoms. The van der Waals surface area contributed by atoms with Crippen molar-refractivity contribution in [1.29, 1.82) is 0 Å². The molecule has 0 saturated carbocycles. The molecule has 13 heteroatoms. The van der Waals surface area contributed by atoms with Gasteiger partial charge in [-0.25, -0.2) is 8.42 Å². The van der Waals surface area contributed by atoms with Gasteiger partial charge in [0.05, 0.1) is 9.82 Å². The third-order valence-electron chi connectivity index (χ3n) is 5.00. The van der Waals surface area contributed by atoms with E-state index < -0.39 is 45.4 Å². The number of nitro groups is 1. The summed E-state index contributed by atoms with van der Waals surface area (Å²) in [5.74, 6) is -1.63. The highest BCUT2D eigenvalue weighted by Gasteiger charge is 2.31. The van der Waals surface area contributed by atoms with Gasteiger partial charge in [0.1, 0.15) is 24.9 Å². The van der Waals surface area contributed by atoms with Gasteiger partial charge >= 0.3 is 5.97 Å². The van der Waals surface area contributed by atoms with Crippen molar-refractivity contribution in [2.24, 2.45) is 5.92 Å². The van der Waals surface area contributed by atoms with Crippen LogP contribution in [0.15, 0.2) is 41.3 Å². The molecule has 1 amide bonds. The van der Waals surface area contributed by atoms with Crippen LogP contribution in [0.1, 0.15) is 19.4 Å². The molecule has 0 saturated heterocycles. The van der Waals surface area contributed by atoms with Crippen LogP contribution in [-0.4, -0.2) is 51.1 Å². The van der Waals surface area contributed by atoms with E-state index in [1.807, 2.05) is 0 Å². The van der Waals surface area contributed by atoms with E-state index in [1.54, 1.807) is 26.8 Å². The second kappa shape index (κ2) is 10.7. The molecule has 0 aliphatic carbocycles. The van der Waals surface area contributed by atoms with Crippen LogP contribution >= 0.6 is 0 Å². The van der Waals surface area contributed by atoms with E-state index in [9.17, 15) is 28.1 Å². The molecule has 2 aromatic rings. The minimum Gasteiger partial charge on any atom is -0.486 e. The summed E-state index contributed by atoms with van der Waals surface area (Å²) < 4.78 is 43.9. The SMILES string of the molecule is Cc1ccc(NC(=O)COC(=O)[C@@H](NS(=O)(=O)c2ccc3c(c2)OCCO3)C(C)C)c([N+](=O)[O-])c1. The van der Waals surface area contributed by atoms with Gasteiger partial charge in [-0.2, -0.15) is 4.72 Å². The molecule has 188 valence electrons. The van der Waals surface area contributed by atoms with E-state index in [0.717, 1.165) is 0 Å². The number of anilines is 1. The van der Waals surface area contributed by atoms with Gasteiger partial charge in [0.2, 0.25) is 10.0 Å². The van der Waals surface area contributed by atoms with Crippen LogP contribution in [0.4, 0.5) is 11.4 Å². The lowest BCUT2D eigenvalue weighted by atomic mass is 10.1. The fraction of sp³-hybridized carbons (Fsp3) is 0.364. The first-order valence-corrected chi connectivity index (χ1v) is 12.1. The Labute approximate surface area is 201 Å². The van der Waals surface area contributed by atoms with Crippen molar-refractivity contribution in [3.05, 3.63) is 52.1 Å². The van der Waals surface area contributed by atoms with Crippen LogP contribution in [0.2, 0.25) is 0 Å². The minimum absolute atomic E-state index is 0.0543. The van der Waals surface area contributed by atoms with Crippen molar-refractivity contribution in [2.75, 3.05) is 25.1 Å². The molecule has 0 unspecified atom stereocenters. The van der Waals surface area contributed by atoms with Crippen LogP contribution in [0, 0.1) is 23.0 Å². The van der Waals surface area contributed by atoms with Crippen molar-refractivity contribution >= 4 is 33.3 Å². The number of benzene rings is 2. The van der Waals surface area contributed by atoms with Crippen LogP contribution in [0.5, 0.6) is 11.5 Å². The number of esters is 1. The van der Waals surface area contributed by atoms with E-state index in [-0.39, 0.29) is 28.6 Å². The first kappa shape index (κ1) is 25.9. The number of carbonyl (C=O) groups excluding carboxylic acids is 2. The number of aryl methyl sites for hydroxylation is 1. The second-order valence-corrected chi connectivity index (χ2v) is 9.80. The first-order chi connectivity index (χ1) is 16.5. The fourth-order valence-electron chi connectivity index (χ4n) is 3.19.